The topological polar surface area (TPSA) is 112 Å². The van der Waals surface area contributed by atoms with Crippen LogP contribution in [0.5, 0.6) is 0 Å². The Balaban J connectivity index is 1.80. The van der Waals surface area contributed by atoms with Crippen molar-refractivity contribution in [2.45, 2.75) is 25.3 Å². The van der Waals surface area contributed by atoms with Crippen LogP contribution in [0.15, 0.2) is 27.6 Å². The molecule has 1 fully saturated rings. The van der Waals surface area contributed by atoms with Crippen LogP contribution < -0.4 is 10.9 Å². The van der Waals surface area contributed by atoms with Crippen molar-refractivity contribution in [2.24, 2.45) is 0 Å². The van der Waals surface area contributed by atoms with E-state index in [-0.39, 0.29) is 11.5 Å². The number of thiophene rings is 1. The van der Waals surface area contributed by atoms with E-state index < -0.39 is 5.54 Å². The summed E-state index contributed by atoms with van der Waals surface area (Å²) in [4.78, 5) is 32.8. The quantitative estimate of drug-likeness (QED) is 0.760. The molecule has 8 heteroatoms. The first-order valence-corrected chi connectivity index (χ1v) is 8.16. The molecular weight excluding hydrogens is 328 g/mol. The third kappa shape index (κ3) is 2.21. The fourth-order valence-electron chi connectivity index (χ4n) is 2.55. The average Bonchev–Trinajstić information content (AvgIpc) is 2.98. The maximum Gasteiger partial charge on any atom is 0.262 e. The molecule has 0 atom stereocenters. The number of carbonyl (C=O) groups excluding carboxylic acids is 1. The monoisotopic (exact) mass is 340 g/mol. The molecule has 3 aromatic heterocycles. The van der Waals surface area contributed by atoms with Crippen LogP contribution in [0.3, 0.4) is 0 Å². The summed E-state index contributed by atoms with van der Waals surface area (Å²) in [5, 5.41) is 12.2. The fraction of sp³-hybridized carbons (Fsp3) is 0.250. The van der Waals surface area contributed by atoms with Crippen LogP contribution in [-0.4, -0.2) is 21.4 Å². The number of rotatable bonds is 3. The SMILES string of the molecule is Cc1c(C(=O)NC2(C#N)CC2)sc2nc(-c3ccco3)[nH]c(=O)c12. The second-order valence-electron chi connectivity index (χ2n) is 5.78. The van der Waals surface area contributed by atoms with Crippen molar-refractivity contribution >= 4 is 27.5 Å². The zero-order chi connectivity index (χ0) is 16.9. The lowest BCUT2D eigenvalue weighted by Crippen LogP contribution is -2.35. The van der Waals surface area contributed by atoms with Gasteiger partial charge in [-0.2, -0.15) is 5.26 Å². The second kappa shape index (κ2) is 5.04. The Labute approximate surface area is 139 Å². The number of amides is 1. The van der Waals surface area contributed by atoms with E-state index in [1.165, 1.54) is 6.26 Å². The van der Waals surface area contributed by atoms with E-state index in [2.05, 4.69) is 21.4 Å². The van der Waals surface area contributed by atoms with Gasteiger partial charge in [0.05, 0.1) is 22.6 Å². The number of H-pyrrole nitrogens is 1. The van der Waals surface area contributed by atoms with Gasteiger partial charge in [0.25, 0.3) is 11.5 Å². The summed E-state index contributed by atoms with van der Waals surface area (Å²) in [5.41, 5.74) is -0.500. The fourth-order valence-corrected chi connectivity index (χ4v) is 3.63. The standard InChI is InChI=1S/C16H12N4O3S/c1-8-10-13(21)18-12(9-3-2-6-23-9)19-15(10)24-11(8)14(22)20-16(7-17)4-5-16/h2-3,6H,4-5H2,1H3,(H,20,22)(H,18,19,21). The zero-order valence-corrected chi connectivity index (χ0v) is 13.5. The van der Waals surface area contributed by atoms with Crippen LogP contribution in [0.2, 0.25) is 0 Å². The zero-order valence-electron chi connectivity index (χ0n) is 12.7. The molecule has 2 N–H and O–H groups in total. The van der Waals surface area contributed by atoms with E-state index in [9.17, 15) is 9.59 Å². The Kier molecular flexibility index (Phi) is 3.08. The minimum Gasteiger partial charge on any atom is -0.461 e. The maximum absolute atomic E-state index is 12.5. The largest absolute Gasteiger partial charge is 0.461 e. The van der Waals surface area contributed by atoms with E-state index in [4.69, 9.17) is 9.68 Å². The van der Waals surface area contributed by atoms with E-state index in [1.807, 2.05) is 0 Å². The molecule has 0 aromatic carbocycles. The predicted octanol–water partition coefficient (Wildman–Crippen LogP) is 2.34. The molecule has 3 aromatic rings. The Morgan fingerprint density at radius 3 is 2.96 bits per heavy atom. The number of nitrogens with one attached hydrogen (secondary N) is 2. The Morgan fingerprint density at radius 2 is 2.33 bits per heavy atom. The van der Waals surface area contributed by atoms with Crippen LogP contribution in [0.4, 0.5) is 0 Å². The molecule has 0 bridgehead atoms. The molecular formula is C16H12N4O3S. The van der Waals surface area contributed by atoms with E-state index >= 15 is 0 Å². The molecule has 0 radical (unpaired) electrons. The number of hydrogen-bond donors (Lipinski definition) is 2. The number of nitriles is 1. The summed E-state index contributed by atoms with van der Waals surface area (Å²) >= 11 is 1.14. The predicted molar refractivity (Wildman–Crippen MR) is 87.7 cm³/mol. The van der Waals surface area contributed by atoms with Crippen LogP contribution in [0.25, 0.3) is 21.8 Å². The Bertz CT molecular complexity index is 1050. The summed E-state index contributed by atoms with van der Waals surface area (Å²) in [6, 6.07) is 5.52. The first-order valence-electron chi connectivity index (χ1n) is 7.34. The minimum absolute atomic E-state index is 0.319. The van der Waals surface area contributed by atoms with Gasteiger partial charge in [-0.25, -0.2) is 4.98 Å². The highest BCUT2D eigenvalue weighted by molar-refractivity contribution is 7.20. The normalized spacial score (nSPS) is 15.2. The number of aromatic amines is 1. The molecule has 7 nitrogen and oxygen atoms in total. The van der Waals surface area contributed by atoms with Gasteiger partial charge < -0.3 is 14.7 Å². The molecule has 1 amide bonds. The smallest absolute Gasteiger partial charge is 0.262 e. The van der Waals surface area contributed by atoms with Gasteiger partial charge in [0.1, 0.15) is 10.4 Å². The van der Waals surface area contributed by atoms with Crippen molar-refractivity contribution in [2.75, 3.05) is 0 Å². The number of hydrogen-bond acceptors (Lipinski definition) is 6. The summed E-state index contributed by atoms with van der Waals surface area (Å²) < 4.78 is 5.25. The Hall–Kier alpha value is -2.92. The van der Waals surface area contributed by atoms with Gasteiger partial charge in [-0.3, -0.25) is 9.59 Å². The third-order valence-electron chi connectivity index (χ3n) is 4.08. The van der Waals surface area contributed by atoms with Crippen molar-refractivity contribution in [3.63, 3.8) is 0 Å². The van der Waals surface area contributed by atoms with Gasteiger partial charge in [0.15, 0.2) is 11.6 Å². The van der Waals surface area contributed by atoms with Gasteiger partial charge in [0, 0.05) is 0 Å². The number of nitrogens with zero attached hydrogens (tertiary/aromatic N) is 2. The van der Waals surface area contributed by atoms with E-state index in [0.717, 1.165) is 11.3 Å². The molecule has 120 valence electrons. The van der Waals surface area contributed by atoms with Crippen LogP contribution in [0, 0.1) is 18.3 Å². The van der Waals surface area contributed by atoms with Crippen molar-refractivity contribution in [1.29, 1.82) is 5.26 Å². The van der Waals surface area contributed by atoms with Gasteiger partial charge in [-0.05, 0) is 37.5 Å². The minimum atomic E-state index is -0.751. The van der Waals surface area contributed by atoms with E-state index in [1.54, 1.807) is 19.1 Å². The van der Waals surface area contributed by atoms with Crippen LogP contribution in [-0.2, 0) is 0 Å². The molecule has 4 rings (SSSR count). The number of aromatic nitrogens is 2. The highest BCUT2D eigenvalue weighted by Crippen LogP contribution is 2.36. The maximum atomic E-state index is 12.5. The number of aryl methyl sites for hydroxylation is 1. The van der Waals surface area contributed by atoms with Gasteiger partial charge in [0.2, 0.25) is 0 Å². The first-order chi connectivity index (χ1) is 11.5. The summed E-state index contributed by atoms with van der Waals surface area (Å²) in [7, 11) is 0. The van der Waals surface area contributed by atoms with Gasteiger partial charge >= 0.3 is 0 Å². The van der Waals surface area contributed by atoms with Crippen LogP contribution >= 0.6 is 11.3 Å². The second-order valence-corrected chi connectivity index (χ2v) is 6.78. The first kappa shape index (κ1) is 14.7. The summed E-state index contributed by atoms with van der Waals surface area (Å²) in [6.45, 7) is 1.71. The molecule has 1 aliphatic rings. The van der Waals surface area contributed by atoms with Gasteiger partial charge in [-0.1, -0.05) is 0 Å². The molecule has 1 saturated carbocycles. The molecule has 24 heavy (non-hydrogen) atoms. The third-order valence-corrected chi connectivity index (χ3v) is 5.26. The number of furan rings is 1. The molecule has 1 aliphatic carbocycles. The average molecular weight is 340 g/mol. The van der Waals surface area contributed by atoms with Crippen molar-refractivity contribution in [1.82, 2.24) is 15.3 Å². The highest BCUT2D eigenvalue weighted by atomic mass is 32.1. The van der Waals surface area contributed by atoms with Crippen molar-refractivity contribution < 1.29 is 9.21 Å². The summed E-state index contributed by atoms with van der Waals surface area (Å²) in [5.74, 6) is 0.433. The molecule has 0 aliphatic heterocycles. The van der Waals surface area contributed by atoms with Crippen molar-refractivity contribution in [3.8, 4) is 17.7 Å². The lowest BCUT2D eigenvalue weighted by atomic mass is 10.2. The molecule has 0 saturated heterocycles. The van der Waals surface area contributed by atoms with Crippen molar-refractivity contribution in [3.05, 3.63) is 39.2 Å². The number of carbonyl (C=O) groups is 1. The Morgan fingerprint density at radius 1 is 1.54 bits per heavy atom. The van der Waals surface area contributed by atoms with Gasteiger partial charge in [-0.15, -0.1) is 11.3 Å². The van der Waals surface area contributed by atoms with Crippen LogP contribution in [0.1, 0.15) is 28.1 Å². The lowest BCUT2D eigenvalue weighted by molar-refractivity contribution is 0.0945. The molecule has 0 spiro atoms. The number of fused-ring (bicyclic) bond motifs is 1. The lowest BCUT2D eigenvalue weighted by Gasteiger charge is -2.07. The molecule has 3 heterocycles. The van der Waals surface area contributed by atoms with E-state index in [0.29, 0.717) is 45.1 Å². The molecule has 0 unspecified atom stereocenters. The highest BCUT2D eigenvalue weighted by Gasteiger charge is 2.45. The summed E-state index contributed by atoms with van der Waals surface area (Å²) in [6.07, 6.45) is 2.80.